The highest BCUT2D eigenvalue weighted by atomic mass is 16.7. The molecule has 3 amide bonds. The third-order valence-corrected chi connectivity index (χ3v) is 4.49. The Balaban J connectivity index is 2.82. The van der Waals surface area contributed by atoms with Crippen molar-refractivity contribution < 1.29 is 24.3 Å². The zero-order valence-corrected chi connectivity index (χ0v) is 16.6. The third-order valence-electron chi connectivity index (χ3n) is 4.49. The number of carboxylic acid groups (broad SMARTS) is 1. The first-order valence-corrected chi connectivity index (χ1v) is 9.68. The maximum absolute atomic E-state index is 12.7. The minimum Gasteiger partial charge on any atom is -0.465 e. The second-order valence-corrected chi connectivity index (χ2v) is 6.50. The number of unbranched alkanes of at least 4 members (excludes halogenated alkanes) is 2. The van der Waals surface area contributed by atoms with Gasteiger partial charge in [-0.05, 0) is 18.4 Å². The molecule has 0 radical (unpaired) electrons. The van der Waals surface area contributed by atoms with Crippen molar-refractivity contribution in [1.82, 2.24) is 15.7 Å². The fraction of sp³-hybridized carbons (Fsp3) is 0.550. The summed E-state index contributed by atoms with van der Waals surface area (Å²) in [4.78, 5) is 40.6. The van der Waals surface area contributed by atoms with E-state index in [2.05, 4.69) is 17.6 Å². The van der Waals surface area contributed by atoms with E-state index in [1.54, 1.807) is 0 Å². The van der Waals surface area contributed by atoms with Gasteiger partial charge in [0.05, 0.1) is 18.6 Å². The van der Waals surface area contributed by atoms with Gasteiger partial charge in [0.25, 0.3) is 0 Å². The first kappa shape index (κ1) is 23.4. The molecule has 1 aromatic carbocycles. The molecular weight excluding hydrogens is 362 g/mol. The molecule has 8 nitrogen and oxygen atoms in total. The largest absolute Gasteiger partial charge is 0.465 e. The Hall–Kier alpha value is -2.61. The van der Waals surface area contributed by atoms with Gasteiger partial charge in [-0.3, -0.25) is 14.4 Å². The van der Waals surface area contributed by atoms with Gasteiger partial charge in [-0.1, -0.05) is 63.4 Å². The summed E-state index contributed by atoms with van der Waals surface area (Å²) in [5.41, 5.74) is 0.918. The summed E-state index contributed by atoms with van der Waals surface area (Å²) in [7, 11) is 0. The van der Waals surface area contributed by atoms with Gasteiger partial charge in [0, 0.05) is 0 Å². The average Bonchev–Trinajstić information content (AvgIpc) is 2.69. The van der Waals surface area contributed by atoms with Crippen LogP contribution in [-0.4, -0.2) is 41.3 Å². The summed E-state index contributed by atoms with van der Waals surface area (Å²) in [6.45, 7) is 4.01. The highest BCUT2D eigenvalue weighted by molar-refractivity contribution is 5.80. The van der Waals surface area contributed by atoms with E-state index in [0.29, 0.717) is 19.3 Å². The van der Waals surface area contributed by atoms with Gasteiger partial charge < -0.3 is 15.7 Å². The molecule has 1 aromatic rings. The van der Waals surface area contributed by atoms with Gasteiger partial charge in [-0.25, -0.2) is 9.86 Å². The molecule has 0 aliphatic heterocycles. The van der Waals surface area contributed by atoms with E-state index in [1.807, 2.05) is 37.3 Å². The summed E-state index contributed by atoms with van der Waals surface area (Å²) in [5, 5.41) is 14.6. The molecule has 0 spiro atoms. The lowest BCUT2D eigenvalue weighted by Gasteiger charge is -2.32. The molecule has 0 heterocycles. The Morgan fingerprint density at radius 1 is 1.18 bits per heavy atom. The Kier molecular flexibility index (Phi) is 11.3. The number of rotatable bonds is 14. The van der Waals surface area contributed by atoms with E-state index in [1.165, 1.54) is 5.06 Å². The maximum atomic E-state index is 12.7. The molecule has 0 fully saturated rings. The first-order chi connectivity index (χ1) is 13.5. The first-order valence-electron chi connectivity index (χ1n) is 9.68. The molecule has 0 aliphatic carbocycles. The smallest absolute Gasteiger partial charge is 0.406 e. The molecule has 2 atom stereocenters. The predicted octanol–water partition coefficient (Wildman–Crippen LogP) is 2.89. The lowest BCUT2D eigenvalue weighted by atomic mass is 9.90. The molecule has 0 saturated carbocycles. The Morgan fingerprint density at radius 3 is 2.46 bits per heavy atom. The van der Waals surface area contributed by atoms with Crippen molar-refractivity contribution in [2.24, 2.45) is 5.92 Å². The van der Waals surface area contributed by atoms with Crippen molar-refractivity contribution in [2.45, 2.75) is 58.6 Å². The Morgan fingerprint density at radius 2 is 1.89 bits per heavy atom. The minimum atomic E-state index is -1.21. The standard InChI is InChI=1S/C20H31N3O5/c1-3-5-7-12-17(19(25)21-14-22-20(26)27)18(4-2)23(15-24)28-13-16-10-8-6-9-11-16/h6,8-11,15,17-18,22H,3-5,7,12-14H2,1-2H3,(H,21,25)(H,26,27)/t17-,18-/m1/s1. The zero-order chi connectivity index (χ0) is 20.8. The monoisotopic (exact) mass is 393 g/mol. The summed E-state index contributed by atoms with van der Waals surface area (Å²) >= 11 is 0. The molecule has 0 aliphatic rings. The maximum Gasteiger partial charge on any atom is 0.406 e. The molecule has 0 aromatic heterocycles. The molecule has 8 heteroatoms. The molecule has 0 unspecified atom stereocenters. The molecule has 3 N–H and O–H groups in total. The molecule has 0 saturated heterocycles. The number of hydroxylamine groups is 2. The van der Waals surface area contributed by atoms with Crippen LogP contribution in [0.4, 0.5) is 4.79 Å². The lowest BCUT2D eigenvalue weighted by Crippen LogP contribution is -2.48. The van der Waals surface area contributed by atoms with E-state index in [0.717, 1.165) is 24.8 Å². The van der Waals surface area contributed by atoms with E-state index in [-0.39, 0.29) is 19.2 Å². The highest BCUT2D eigenvalue weighted by Crippen LogP contribution is 2.22. The van der Waals surface area contributed by atoms with Crippen LogP contribution in [0.3, 0.4) is 0 Å². The average molecular weight is 393 g/mol. The van der Waals surface area contributed by atoms with Crippen molar-refractivity contribution in [1.29, 1.82) is 0 Å². The molecule has 156 valence electrons. The Labute approximate surface area is 166 Å². The lowest BCUT2D eigenvalue weighted by molar-refractivity contribution is -0.200. The third kappa shape index (κ3) is 8.39. The number of benzene rings is 1. The van der Waals surface area contributed by atoms with Crippen molar-refractivity contribution in [2.75, 3.05) is 6.67 Å². The second-order valence-electron chi connectivity index (χ2n) is 6.50. The number of hydrogen-bond acceptors (Lipinski definition) is 4. The van der Waals surface area contributed by atoms with E-state index >= 15 is 0 Å². The fourth-order valence-corrected chi connectivity index (χ4v) is 3.02. The fourth-order valence-electron chi connectivity index (χ4n) is 3.02. The summed E-state index contributed by atoms with van der Waals surface area (Å²) in [5.74, 6) is -0.792. The minimum absolute atomic E-state index is 0.180. The van der Waals surface area contributed by atoms with Crippen LogP contribution in [0.2, 0.25) is 0 Å². The zero-order valence-electron chi connectivity index (χ0n) is 16.6. The van der Waals surface area contributed by atoms with Crippen LogP contribution < -0.4 is 10.6 Å². The van der Waals surface area contributed by atoms with Crippen molar-refractivity contribution in [3.8, 4) is 0 Å². The van der Waals surface area contributed by atoms with Crippen LogP contribution in [0.25, 0.3) is 0 Å². The van der Waals surface area contributed by atoms with E-state index in [4.69, 9.17) is 9.94 Å². The number of hydrogen-bond donors (Lipinski definition) is 3. The number of amides is 3. The number of carbonyl (C=O) groups excluding carboxylic acids is 2. The second kappa shape index (κ2) is 13.5. The number of carbonyl (C=O) groups is 3. The quantitative estimate of drug-likeness (QED) is 0.195. The van der Waals surface area contributed by atoms with Crippen LogP contribution >= 0.6 is 0 Å². The number of nitrogens with one attached hydrogen (secondary N) is 2. The van der Waals surface area contributed by atoms with Gasteiger partial charge in [-0.2, -0.15) is 0 Å². The van der Waals surface area contributed by atoms with Crippen molar-refractivity contribution in [3.63, 3.8) is 0 Å². The van der Waals surface area contributed by atoms with Crippen molar-refractivity contribution >= 4 is 18.4 Å². The Bertz CT molecular complexity index is 597. The molecule has 28 heavy (non-hydrogen) atoms. The van der Waals surface area contributed by atoms with Gasteiger partial charge in [0.1, 0.15) is 6.61 Å². The van der Waals surface area contributed by atoms with Crippen LogP contribution in [0.5, 0.6) is 0 Å². The normalized spacial score (nSPS) is 12.6. The summed E-state index contributed by atoms with van der Waals surface area (Å²) in [6.07, 6.45) is 3.33. The van der Waals surface area contributed by atoms with Gasteiger partial charge in [0.2, 0.25) is 12.3 Å². The molecule has 1 rings (SSSR count). The van der Waals surface area contributed by atoms with Gasteiger partial charge in [-0.15, -0.1) is 0 Å². The molecular formula is C20H31N3O5. The highest BCUT2D eigenvalue weighted by Gasteiger charge is 2.31. The number of nitrogens with zero attached hydrogens (tertiary/aromatic N) is 1. The van der Waals surface area contributed by atoms with Crippen LogP contribution in [0.1, 0.15) is 51.5 Å². The van der Waals surface area contributed by atoms with Crippen molar-refractivity contribution in [3.05, 3.63) is 35.9 Å². The van der Waals surface area contributed by atoms with Crippen LogP contribution in [-0.2, 0) is 21.0 Å². The SMILES string of the molecule is CCCCC[C@@H](C(=O)NCNC(=O)O)[C@@H](CC)N(C=O)OCc1ccccc1. The van der Waals surface area contributed by atoms with E-state index in [9.17, 15) is 14.4 Å². The van der Waals surface area contributed by atoms with Gasteiger partial charge >= 0.3 is 6.09 Å². The summed E-state index contributed by atoms with van der Waals surface area (Å²) < 4.78 is 0. The predicted molar refractivity (Wildman–Crippen MR) is 105 cm³/mol. The van der Waals surface area contributed by atoms with E-state index < -0.39 is 18.1 Å². The topological polar surface area (TPSA) is 108 Å². The van der Waals surface area contributed by atoms with Crippen LogP contribution in [0.15, 0.2) is 30.3 Å². The van der Waals surface area contributed by atoms with Gasteiger partial charge in [0.15, 0.2) is 0 Å². The molecule has 0 bridgehead atoms. The summed E-state index contributed by atoms with van der Waals surface area (Å²) in [6, 6.07) is 9.02. The van der Waals surface area contributed by atoms with Crippen LogP contribution in [0, 0.1) is 5.92 Å².